The third kappa shape index (κ3) is 3.22. The summed E-state index contributed by atoms with van der Waals surface area (Å²) in [5, 5.41) is 4.02. The number of pyridine rings is 1. The van der Waals surface area contributed by atoms with Gasteiger partial charge in [0.1, 0.15) is 16.0 Å². The maximum absolute atomic E-state index is 15.2. The molecule has 3 heterocycles. The first-order chi connectivity index (χ1) is 15.6. The van der Waals surface area contributed by atoms with Crippen molar-refractivity contribution in [2.45, 2.75) is 50.6 Å². The van der Waals surface area contributed by atoms with Gasteiger partial charge in [-0.05, 0) is 67.0 Å². The Kier molecular flexibility index (Phi) is 4.77. The van der Waals surface area contributed by atoms with Crippen molar-refractivity contribution in [2.24, 2.45) is 0 Å². The van der Waals surface area contributed by atoms with Gasteiger partial charge in [-0.3, -0.25) is 14.0 Å². The highest BCUT2D eigenvalue weighted by Gasteiger charge is 2.29. The molecule has 0 spiro atoms. The van der Waals surface area contributed by atoms with Crippen molar-refractivity contribution in [3.63, 3.8) is 0 Å². The van der Waals surface area contributed by atoms with E-state index in [2.05, 4.69) is 26.4 Å². The number of aromatic amines is 1. The number of hydrogen-bond acceptors (Lipinski definition) is 4. The van der Waals surface area contributed by atoms with Gasteiger partial charge in [0.15, 0.2) is 0 Å². The molecule has 1 aliphatic heterocycles. The molecule has 0 radical (unpaired) electrons. The maximum Gasteiger partial charge on any atom is 0.271 e. The zero-order valence-corrected chi connectivity index (χ0v) is 18.4. The molecule has 4 aromatic rings. The van der Waals surface area contributed by atoms with E-state index in [-0.39, 0.29) is 16.8 Å². The minimum Gasteiger partial charge on any atom is -0.328 e. The Morgan fingerprint density at radius 2 is 1.81 bits per heavy atom. The van der Waals surface area contributed by atoms with Crippen molar-refractivity contribution < 1.29 is 4.39 Å². The van der Waals surface area contributed by atoms with E-state index in [1.807, 2.05) is 12.1 Å². The molecule has 2 aromatic carbocycles. The van der Waals surface area contributed by atoms with E-state index in [9.17, 15) is 9.59 Å². The lowest BCUT2D eigenvalue weighted by Gasteiger charge is -2.17. The lowest BCUT2D eigenvalue weighted by Crippen LogP contribution is -2.20. The fraction of sp³-hybridized carbons (Fsp3) is 0.360. The molecule has 7 heteroatoms. The predicted octanol–water partition coefficient (Wildman–Crippen LogP) is 5.25. The van der Waals surface area contributed by atoms with E-state index >= 15 is 4.39 Å². The number of hydrogen-bond donors (Lipinski definition) is 2. The van der Waals surface area contributed by atoms with Gasteiger partial charge >= 0.3 is 0 Å². The standard InChI is InChI=1S/C25H24FN3O2S/c26-19-12-18-21(29(16-9-10-16)25-22(23(18)30)24(31)28-32-25)13-17(19)14-5-7-15(8-6-14)20-4-2-1-3-11-27-20/h5-8,12-13,16,20,27H,1-4,9-11H2,(H,28,31). The summed E-state index contributed by atoms with van der Waals surface area (Å²) >= 11 is 1.19. The Labute approximate surface area is 188 Å². The lowest BCUT2D eigenvalue weighted by molar-refractivity contribution is 0.535. The normalized spacial score (nSPS) is 19.5. The molecule has 164 valence electrons. The van der Waals surface area contributed by atoms with Gasteiger partial charge in [-0.1, -0.05) is 37.1 Å². The summed E-state index contributed by atoms with van der Waals surface area (Å²) < 4.78 is 20.0. The average molecular weight is 450 g/mol. The fourth-order valence-corrected chi connectivity index (χ4v) is 5.90. The Morgan fingerprint density at radius 1 is 1.00 bits per heavy atom. The number of aromatic nitrogens is 2. The number of H-pyrrole nitrogens is 1. The number of nitrogens with zero attached hydrogens (tertiary/aromatic N) is 1. The molecule has 1 atom stereocenters. The smallest absolute Gasteiger partial charge is 0.271 e. The summed E-state index contributed by atoms with van der Waals surface area (Å²) in [6, 6.07) is 11.8. The SMILES string of the molecule is O=c1[nH]sc2c1c(=O)c1cc(F)c(-c3ccc(C4CCCCCN4)cc3)cc1n2C1CC1. The van der Waals surface area contributed by atoms with Gasteiger partial charge in [-0.2, -0.15) is 0 Å². The molecule has 6 rings (SSSR count). The van der Waals surface area contributed by atoms with Crippen molar-refractivity contribution >= 4 is 32.7 Å². The highest BCUT2D eigenvalue weighted by atomic mass is 32.1. The average Bonchev–Trinajstić information content (AvgIpc) is 3.60. The topological polar surface area (TPSA) is 66.9 Å². The molecule has 1 unspecified atom stereocenters. The number of halogens is 1. The van der Waals surface area contributed by atoms with Crippen LogP contribution in [0.4, 0.5) is 4.39 Å². The van der Waals surface area contributed by atoms with Crippen LogP contribution in [-0.2, 0) is 0 Å². The first-order valence-corrected chi connectivity index (χ1v) is 12.2. The number of benzene rings is 2. The van der Waals surface area contributed by atoms with Crippen molar-refractivity contribution in [3.8, 4) is 11.1 Å². The second-order valence-corrected chi connectivity index (χ2v) is 9.77. The number of rotatable bonds is 3. The van der Waals surface area contributed by atoms with Crippen LogP contribution < -0.4 is 16.3 Å². The molecule has 0 bridgehead atoms. The van der Waals surface area contributed by atoms with Crippen molar-refractivity contribution in [1.29, 1.82) is 0 Å². The van der Waals surface area contributed by atoms with E-state index in [1.165, 1.54) is 42.4 Å². The van der Waals surface area contributed by atoms with Crippen LogP contribution >= 0.6 is 11.5 Å². The molecule has 0 amide bonds. The third-order valence-electron chi connectivity index (χ3n) is 6.81. The molecule has 2 fully saturated rings. The summed E-state index contributed by atoms with van der Waals surface area (Å²) in [7, 11) is 0. The van der Waals surface area contributed by atoms with Crippen molar-refractivity contribution in [2.75, 3.05) is 6.54 Å². The van der Waals surface area contributed by atoms with Gasteiger partial charge in [0.25, 0.3) is 5.56 Å². The molecular weight excluding hydrogens is 425 g/mol. The first kappa shape index (κ1) is 19.9. The Balaban J connectivity index is 1.49. The second kappa shape index (κ2) is 7.67. The summed E-state index contributed by atoms with van der Waals surface area (Å²) in [5.41, 5.74) is 2.41. The zero-order valence-electron chi connectivity index (χ0n) is 17.6. The Bertz CT molecular complexity index is 1440. The van der Waals surface area contributed by atoms with Crippen LogP contribution in [0.3, 0.4) is 0 Å². The van der Waals surface area contributed by atoms with Gasteiger partial charge in [-0.25, -0.2) is 4.39 Å². The van der Waals surface area contributed by atoms with E-state index in [0.717, 1.165) is 31.4 Å². The largest absolute Gasteiger partial charge is 0.328 e. The molecule has 2 aromatic heterocycles. The van der Waals surface area contributed by atoms with Gasteiger partial charge < -0.3 is 9.88 Å². The van der Waals surface area contributed by atoms with Crippen LogP contribution in [0.15, 0.2) is 46.0 Å². The van der Waals surface area contributed by atoms with Crippen LogP contribution in [0.1, 0.15) is 56.2 Å². The monoisotopic (exact) mass is 449 g/mol. The molecule has 5 nitrogen and oxygen atoms in total. The van der Waals surface area contributed by atoms with Crippen molar-refractivity contribution in [1.82, 2.24) is 14.3 Å². The Hall–Kier alpha value is -2.77. The summed E-state index contributed by atoms with van der Waals surface area (Å²) in [6.45, 7) is 1.03. The minimum absolute atomic E-state index is 0.141. The molecule has 2 aliphatic rings. The summed E-state index contributed by atoms with van der Waals surface area (Å²) in [5.74, 6) is -0.441. The zero-order chi connectivity index (χ0) is 21.8. The van der Waals surface area contributed by atoms with E-state index in [1.54, 1.807) is 6.07 Å². The maximum atomic E-state index is 15.2. The summed E-state index contributed by atoms with van der Waals surface area (Å²) in [4.78, 5) is 25.9. The molecule has 1 saturated carbocycles. The van der Waals surface area contributed by atoms with E-state index < -0.39 is 16.8 Å². The van der Waals surface area contributed by atoms with Crippen molar-refractivity contribution in [3.05, 3.63) is 68.4 Å². The van der Waals surface area contributed by atoms with Gasteiger partial charge in [0.2, 0.25) is 5.43 Å². The highest BCUT2D eigenvalue weighted by Crippen LogP contribution is 2.41. The van der Waals surface area contributed by atoms with Crippen LogP contribution in [0.25, 0.3) is 32.2 Å². The van der Waals surface area contributed by atoms with E-state index in [0.29, 0.717) is 22.0 Å². The number of nitrogens with one attached hydrogen (secondary N) is 2. The van der Waals surface area contributed by atoms with Gasteiger partial charge in [0, 0.05) is 23.0 Å². The van der Waals surface area contributed by atoms with Gasteiger partial charge in [-0.15, -0.1) is 0 Å². The fourth-order valence-electron chi connectivity index (χ4n) is 4.98. The lowest BCUT2D eigenvalue weighted by atomic mass is 9.97. The third-order valence-corrected chi connectivity index (χ3v) is 7.69. The second-order valence-electron chi connectivity index (χ2n) is 8.97. The molecule has 1 saturated heterocycles. The number of fused-ring (bicyclic) bond motifs is 2. The van der Waals surface area contributed by atoms with Crippen LogP contribution in [0.2, 0.25) is 0 Å². The minimum atomic E-state index is -0.441. The predicted molar refractivity (Wildman–Crippen MR) is 127 cm³/mol. The summed E-state index contributed by atoms with van der Waals surface area (Å²) in [6.07, 6.45) is 6.80. The first-order valence-electron chi connectivity index (χ1n) is 11.3. The van der Waals surface area contributed by atoms with Crippen LogP contribution in [-0.4, -0.2) is 15.5 Å². The molecular formula is C25H24FN3O2S. The molecule has 2 N–H and O–H groups in total. The quantitative estimate of drug-likeness (QED) is 0.449. The van der Waals surface area contributed by atoms with Gasteiger partial charge in [0.05, 0.1) is 5.52 Å². The highest BCUT2D eigenvalue weighted by molar-refractivity contribution is 7.12. The molecule has 1 aliphatic carbocycles. The van der Waals surface area contributed by atoms with Crippen LogP contribution in [0, 0.1) is 5.82 Å². The van der Waals surface area contributed by atoms with E-state index in [4.69, 9.17) is 0 Å². The molecule has 32 heavy (non-hydrogen) atoms. The van der Waals surface area contributed by atoms with Crippen LogP contribution in [0.5, 0.6) is 0 Å². The Morgan fingerprint density at radius 3 is 2.59 bits per heavy atom.